The maximum Gasteiger partial charge on any atom is 0.240 e. The molecule has 0 atom stereocenters. The molecule has 0 aromatic heterocycles. The molecule has 0 aliphatic rings. The van der Waals surface area contributed by atoms with Gasteiger partial charge in [-0.05, 0) is 64.5 Å². The van der Waals surface area contributed by atoms with Crippen LogP contribution in [0.15, 0.2) is 29.2 Å². The van der Waals surface area contributed by atoms with E-state index < -0.39 is 10.0 Å². The third-order valence-electron chi connectivity index (χ3n) is 3.48. The van der Waals surface area contributed by atoms with Crippen LogP contribution in [0.2, 0.25) is 0 Å². The normalized spacial score (nSPS) is 12.1. The standard InChI is InChI=1S/C15H26N2O3S/c1-13(2)17(3)12-6-5-11-16-21(18,19)15-9-7-14(20-4)8-10-15/h7-10,13,16H,5-6,11-12H2,1-4H3. The number of sulfonamides is 1. The van der Waals surface area contributed by atoms with Crippen LogP contribution in [0, 0.1) is 0 Å². The van der Waals surface area contributed by atoms with Crippen LogP contribution in [0.25, 0.3) is 0 Å². The smallest absolute Gasteiger partial charge is 0.240 e. The average molecular weight is 314 g/mol. The summed E-state index contributed by atoms with van der Waals surface area (Å²) in [7, 11) is 0.206. The molecule has 1 aromatic carbocycles. The summed E-state index contributed by atoms with van der Waals surface area (Å²) in [5.41, 5.74) is 0. The highest BCUT2D eigenvalue weighted by atomic mass is 32.2. The molecule has 1 N–H and O–H groups in total. The van der Waals surface area contributed by atoms with Gasteiger partial charge in [0.1, 0.15) is 5.75 Å². The van der Waals surface area contributed by atoms with Crippen LogP contribution in [0.4, 0.5) is 0 Å². The molecule has 0 saturated heterocycles. The summed E-state index contributed by atoms with van der Waals surface area (Å²) in [4.78, 5) is 2.51. The molecule has 0 spiro atoms. The van der Waals surface area contributed by atoms with Crippen molar-refractivity contribution in [3.63, 3.8) is 0 Å². The van der Waals surface area contributed by atoms with Gasteiger partial charge in [0.05, 0.1) is 12.0 Å². The van der Waals surface area contributed by atoms with Gasteiger partial charge < -0.3 is 9.64 Å². The zero-order valence-corrected chi connectivity index (χ0v) is 14.1. The van der Waals surface area contributed by atoms with Gasteiger partial charge in [-0.2, -0.15) is 0 Å². The van der Waals surface area contributed by atoms with Crippen molar-refractivity contribution < 1.29 is 13.2 Å². The molecule has 120 valence electrons. The summed E-state index contributed by atoms with van der Waals surface area (Å²) in [5, 5.41) is 0. The molecular formula is C15H26N2O3S. The predicted octanol–water partition coefficient (Wildman–Crippen LogP) is 2.09. The number of hydrogen-bond donors (Lipinski definition) is 1. The first-order valence-corrected chi connectivity index (χ1v) is 8.69. The van der Waals surface area contributed by atoms with Crippen molar-refractivity contribution in [3.8, 4) is 5.75 Å². The maximum atomic E-state index is 12.1. The molecule has 1 rings (SSSR count). The molecule has 6 heteroatoms. The Bertz CT molecular complexity index is 512. The molecule has 0 unspecified atom stereocenters. The zero-order valence-electron chi connectivity index (χ0n) is 13.3. The van der Waals surface area contributed by atoms with E-state index in [-0.39, 0.29) is 4.90 Å². The number of methoxy groups -OCH3 is 1. The zero-order chi connectivity index (χ0) is 15.9. The van der Waals surface area contributed by atoms with E-state index in [1.54, 1.807) is 31.4 Å². The minimum atomic E-state index is -3.42. The van der Waals surface area contributed by atoms with Crippen LogP contribution < -0.4 is 9.46 Å². The Labute approximate surface area is 128 Å². The van der Waals surface area contributed by atoms with Gasteiger partial charge in [-0.15, -0.1) is 0 Å². The van der Waals surface area contributed by atoms with E-state index in [0.717, 1.165) is 19.4 Å². The van der Waals surface area contributed by atoms with Crippen molar-refractivity contribution in [2.24, 2.45) is 0 Å². The van der Waals surface area contributed by atoms with Crippen LogP contribution in [-0.2, 0) is 10.0 Å². The van der Waals surface area contributed by atoms with Crippen molar-refractivity contribution in [2.75, 3.05) is 27.2 Å². The van der Waals surface area contributed by atoms with Gasteiger partial charge in [0.25, 0.3) is 0 Å². The van der Waals surface area contributed by atoms with Crippen LogP contribution in [-0.4, -0.2) is 46.6 Å². The molecule has 1 aromatic rings. The largest absolute Gasteiger partial charge is 0.497 e. The fraction of sp³-hybridized carbons (Fsp3) is 0.600. The third-order valence-corrected chi connectivity index (χ3v) is 4.96. The Balaban J connectivity index is 2.39. The van der Waals surface area contributed by atoms with Crippen LogP contribution in [0.3, 0.4) is 0 Å². The lowest BCUT2D eigenvalue weighted by molar-refractivity contribution is 0.268. The first kappa shape index (κ1) is 17.9. The number of benzene rings is 1. The fourth-order valence-electron chi connectivity index (χ4n) is 1.79. The Hall–Kier alpha value is -1.11. The second-order valence-electron chi connectivity index (χ2n) is 5.35. The number of unbranched alkanes of at least 4 members (excludes halogenated alkanes) is 1. The average Bonchev–Trinajstić information content (AvgIpc) is 2.46. The third kappa shape index (κ3) is 6.03. The van der Waals surface area contributed by atoms with E-state index in [0.29, 0.717) is 18.3 Å². The summed E-state index contributed by atoms with van der Waals surface area (Å²) in [6.45, 7) is 5.72. The number of nitrogens with zero attached hydrogens (tertiary/aromatic N) is 1. The first-order valence-electron chi connectivity index (χ1n) is 7.21. The highest BCUT2D eigenvalue weighted by molar-refractivity contribution is 7.89. The quantitative estimate of drug-likeness (QED) is 0.709. The number of rotatable bonds is 9. The maximum absolute atomic E-state index is 12.1. The van der Waals surface area contributed by atoms with Gasteiger partial charge >= 0.3 is 0 Å². The Kier molecular flexibility index (Phi) is 7.14. The molecule has 0 fully saturated rings. The molecule has 0 saturated carbocycles. The second kappa shape index (κ2) is 8.36. The van der Waals surface area contributed by atoms with Gasteiger partial charge in [-0.3, -0.25) is 0 Å². The molecule has 0 aliphatic heterocycles. The number of hydrogen-bond acceptors (Lipinski definition) is 4. The van der Waals surface area contributed by atoms with Crippen LogP contribution in [0.1, 0.15) is 26.7 Å². The number of nitrogens with one attached hydrogen (secondary N) is 1. The lowest BCUT2D eigenvalue weighted by atomic mass is 10.2. The minimum Gasteiger partial charge on any atom is -0.497 e. The van der Waals surface area contributed by atoms with Gasteiger partial charge in [0.15, 0.2) is 0 Å². The van der Waals surface area contributed by atoms with Gasteiger partial charge in [0, 0.05) is 12.6 Å². The highest BCUT2D eigenvalue weighted by Crippen LogP contribution is 2.15. The molecule has 0 bridgehead atoms. The SMILES string of the molecule is COc1ccc(S(=O)(=O)NCCCCN(C)C(C)C)cc1. The lowest BCUT2D eigenvalue weighted by Gasteiger charge is -2.20. The Morgan fingerprint density at radius 1 is 1.19 bits per heavy atom. The first-order chi connectivity index (χ1) is 9.86. The van der Waals surface area contributed by atoms with E-state index in [9.17, 15) is 8.42 Å². The van der Waals surface area contributed by atoms with E-state index in [2.05, 4.69) is 30.5 Å². The van der Waals surface area contributed by atoms with Crippen molar-refractivity contribution >= 4 is 10.0 Å². The van der Waals surface area contributed by atoms with E-state index in [1.807, 2.05) is 0 Å². The van der Waals surface area contributed by atoms with Gasteiger partial charge in [0.2, 0.25) is 10.0 Å². The van der Waals surface area contributed by atoms with Gasteiger partial charge in [-0.25, -0.2) is 13.1 Å². The van der Waals surface area contributed by atoms with Crippen molar-refractivity contribution in [1.82, 2.24) is 9.62 Å². The molecular weight excluding hydrogens is 288 g/mol. The van der Waals surface area contributed by atoms with Gasteiger partial charge in [-0.1, -0.05) is 0 Å². The molecule has 0 radical (unpaired) electrons. The summed E-state index contributed by atoms with van der Waals surface area (Å²) >= 11 is 0. The van der Waals surface area contributed by atoms with E-state index in [4.69, 9.17) is 4.74 Å². The predicted molar refractivity (Wildman–Crippen MR) is 85.2 cm³/mol. The summed E-state index contributed by atoms with van der Waals surface area (Å²) in [5.74, 6) is 0.644. The lowest BCUT2D eigenvalue weighted by Crippen LogP contribution is -2.29. The topological polar surface area (TPSA) is 58.6 Å². The summed E-state index contributed by atoms with van der Waals surface area (Å²) < 4.78 is 31.8. The number of ether oxygens (including phenoxy) is 1. The van der Waals surface area contributed by atoms with Crippen molar-refractivity contribution in [3.05, 3.63) is 24.3 Å². The van der Waals surface area contributed by atoms with Crippen molar-refractivity contribution in [2.45, 2.75) is 37.6 Å². The highest BCUT2D eigenvalue weighted by Gasteiger charge is 2.13. The van der Waals surface area contributed by atoms with E-state index in [1.165, 1.54) is 0 Å². The van der Waals surface area contributed by atoms with Crippen molar-refractivity contribution in [1.29, 1.82) is 0 Å². The summed E-state index contributed by atoms with van der Waals surface area (Å²) in [6.07, 6.45) is 1.80. The molecule has 21 heavy (non-hydrogen) atoms. The fourth-order valence-corrected chi connectivity index (χ4v) is 2.86. The molecule has 0 amide bonds. The minimum absolute atomic E-state index is 0.266. The molecule has 5 nitrogen and oxygen atoms in total. The Morgan fingerprint density at radius 2 is 1.81 bits per heavy atom. The monoisotopic (exact) mass is 314 g/mol. The second-order valence-corrected chi connectivity index (χ2v) is 7.12. The Morgan fingerprint density at radius 3 is 2.33 bits per heavy atom. The molecule has 0 heterocycles. The molecule has 0 aliphatic carbocycles. The van der Waals surface area contributed by atoms with Crippen LogP contribution >= 0.6 is 0 Å². The van der Waals surface area contributed by atoms with Crippen LogP contribution in [0.5, 0.6) is 5.75 Å². The van der Waals surface area contributed by atoms with E-state index >= 15 is 0 Å². The summed E-state index contributed by atoms with van der Waals surface area (Å²) in [6, 6.07) is 6.90.